The third-order valence-electron chi connectivity index (χ3n) is 5.34. The number of nitrogens with zero attached hydrogens (tertiary/aromatic N) is 5. The van der Waals surface area contributed by atoms with Gasteiger partial charge in [-0.05, 0) is 43.7 Å². The summed E-state index contributed by atoms with van der Waals surface area (Å²) in [5, 5.41) is 11.1. The lowest BCUT2D eigenvalue weighted by Crippen LogP contribution is -2.20. The Morgan fingerprint density at radius 1 is 1.03 bits per heavy atom. The molecule has 0 fully saturated rings. The Bertz CT molecular complexity index is 1380. The van der Waals surface area contributed by atoms with Gasteiger partial charge in [0.1, 0.15) is 5.69 Å². The molecule has 0 aliphatic carbocycles. The molecular weight excluding hydrogens is 445 g/mol. The topological polar surface area (TPSA) is 77.1 Å². The van der Waals surface area contributed by atoms with E-state index < -0.39 is 23.2 Å². The lowest BCUT2D eigenvalue weighted by molar-refractivity contribution is -0.142. The Morgan fingerprint density at radius 3 is 2.38 bits per heavy atom. The number of amides is 1. The molecule has 0 bridgehead atoms. The first kappa shape index (κ1) is 23.5. The minimum Gasteiger partial charge on any atom is -0.321 e. The molecule has 3 heterocycles. The third kappa shape index (κ3) is 4.80. The average molecular weight is 470 g/mol. The van der Waals surface area contributed by atoms with Crippen LogP contribution in [0.25, 0.3) is 5.65 Å². The second-order valence-corrected chi connectivity index (χ2v) is 9.31. The summed E-state index contributed by atoms with van der Waals surface area (Å²) in [5.74, 6) is -0.626. The highest BCUT2D eigenvalue weighted by atomic mass is 19.4. The predicted molar refractivity (Wildman–Crippen MR) is 122 cm³/mol. The van der Waals surface area contributed by atoms with Crippen molar-refractivity contribution in [3.63, 3.8) is 0 Å². The van der Waals surface area contributed by atoms with Gasteiger partial charge in [0.25, 0.3) is 5.91 Å². The normalized spacial score (nSPS) is 12.4. The maximum absolute atomic E-state index is 13.7. The molecular formula is C24H25F3N6O. The van der Waals surface area contributed by atoms with Crippen LogP contribution in [0.3, 0.4) is 0 Å². The summed E-state index contributed by atoms with van der Waals surface area (Å²) < 4.78 is 43.6. The lowest BCUT2D eigenvalue weighted by Gasteiger charge is -2.19. The number of carbonyl (C=O) groups is 1. The summed E-state index contributed by atoms with van der Waals surface area (Å²) in [7, 11) is 0. The zero-order valence-corrected chi connectivity index (χ0v) is 19.5. The summed E-state index contributed by atoms with van der Waals surface area (Å²) in [6, 6.07) is 11.4. The van der Waals surface area contributed by atoms with Gasteiger partial charge in [0, 0.05) is 22.9 Å². The predicted octanol–water partition coefficient (Wildman–Crippen LogP) is 5.16. The number of aromatic nitrogens is 5. The van der Waals surface area contributed by atoms with Gasteiger partial charge in [-0.3, -0.25) is 9.48 Å². The van der Waals surface area contributed by atoms with Gasteiger partial charge in [0.2, 0.25) is 0 Å². The van der Waals surface area contributed by atoms with Crippen LogP contribution < -0.4 is 5.32 Å². The molecule has 0 radical (unpaired) electrons. The van der Waals surface area contributed by atoms with E-state index in [0.29, 0.717) is 16.7 Å². The van der Waals surface area contributed by atoms with Crippen LogP contribution in [0.2, 0.25) is 0 Å². The summed E-state index contributed by atoms with van der Waals surface area (Å²) in [4.78, 5) is 17.2. The number of anilines is 1. The molecule has 0 saturated heterocycles. The molecule has 178 valence electrons. The average Bonchev–Trinajstić information content (AvgIpc) is 3.28. The van der Waals surface area contributed by atoms with Gasteiger partial charge in [0.15, 0.2) is 11.3 Å². The highest BCUT2D eigenvalue weighted by Gasteiger charge is 2.36. The van der Waals surface area contributed by atoms with Gasteiger partial charge in [0.05, 0.1) is 17.9 Å². The highest BCUT2D eigenvalue weighted by Crippen LogP contribution is 2.32. The fourth-order valence-corrected chi connectivity index (χ4v) is 3.62. The summed E-state index contributed by atoms with van der Waals surface area (Å²) in [6.07, 6.45) is -4.65. The van der Waals surface area contributed by atoms with Gasteiger partial charge in [-0.1, -0.05) is 32.9 Å². The standard InChI is InChI=1S/C24H25F3N6O/c1-14-9-15(2)32(30-14)13-16-7-6-8-17(10-16)28-22(34)18-11-21-29-19(23(3,4)5)12-20(24(25,26)27)33(21)31-18/h6-12H,13H2,1-5H3,(H,28,34). The summed E-state index contributed by atoms with van der Waals surface area (Å²) in [5.41, 5.74) is 1.81. The van der Waals surface area contributed by atoms with Crippen molar-refractivity contribution >= 4 is 17.2 Å². The molecule has 0 aliphatic rings. The molecule has 3 aromatic heterocycles. The van der Waals surface area contributed by atoms with Crippen LogP contribution in [0.4, 0.5) is 18.9 Å². The van der Waals surface area contributed by atoms with Crippen LogP contribution in [0.1, 0.15) is 59.6 Å². The number of halogens is 3. The molecule has 1 aromatic carbocycles. The maximum atomic E-state index is 13.7. The molecule has 10 heteroatoms. The maximum Gasteiger partial charge on any atom is 0.433 e. The van der Waals surface area contributed by atoms with Crippen molar-refractivity contribution in [3.05, 3.63) is 76.5 Å². The molecule has 0 spiro atoms. The van der Waals surface area contributed by atoms with Crippen LogP contribution in [-0.2, 0) is 18.1 Å². The molecule has 0 aliphatic heterocycles. The fourth-order valence-electron chi connectivity index (χ4n) is 3.62. The summed E-state index contributed by atoms with van der Waals surface area (Å²) in [6.45, 7) is 9.72. The van der Waals surface area contributed by atoms with Crippen molar-refractivity contribution in [2.45, 2.75) is 52.8 Å². The fraction of sp³-hybridized carbons (Fsp3) is 0.333. The van der Waals surface area contributed by atoms with Crippen LogP contribution in [0.5, 0.6) is 0 Å². The van der Waals surface area contributed by atoms with E-state index in [1.54, 1.807) is 39.0 Å². The number of carbonyl (C=O) groups excluding carboxylic acids is 1. The Kier molecular flexibility index (Phi) is 5.71. The molecule has 0 atom stereocenters. The molecule has 7 nitrogen and oxygen atoms in total. The number of aryl methyl sites for hydroxylation is 2. The van der Waals surface area contributed by atoms with E-state index in [4.69, 9.17) is 0 Å². The van der Waals surface area contributed by atoms with Crippen molar-refractivity contribution in [3.8, 4) is 0 Å². The van der Waals surface area contributed by atoms with Crippen molar-refractivity contribution in [1.82, 2.24) is 24.4 Å². The molecule has 4 rings (SSSR count). The smallest absolute Gasteiger partial charge is 0.321 e. The van der Waals surface area contributed by atoms with Crippen molar-refractivity contribution in [2.24, 2.45) is 0 Å². The van der Waals surface area contributed by atoms with E-state index >= 15 is 0 Å². The molecule has 1 amide bonds. The van der Waals surface area contributed by atoms with Gasteiger partial charge < -0.3 is 5.32 Å². The van der Waals surface area contributed by atoms with E-state index in [1.807, 2.05) is 30.7 Å². The van der Waals surface area contributed by atoms with Crippen LogP contribution >= 0.6 is 0 Å². The van der Waals surface area contributed by atoms with Crippen molar-refractivity contribution < 1.29 is 18.0 Å². The van der Waals surface area contributed by atoms with Crippen molar-refractivity contribution in [1.29, 1.82) is 0 Å². The molecule has 0 unspecified atom stereocenters. The third-order valence-corrected chi connectivity index (χ3v) is 5.34. The van der Waals surface area contributed by atoms with E-state index in [-0.39, 0.29) is 17.0 Å². The van der Waals surface area contributed by atoms with Crippen molar-refractivity contribution in [2.75, 3.05) is 5.32 Å². The number of hydrogen-bond donors (Lipinski definition) is 1. The first-order valence-electron chi connectivity index (χ1n) is 10.7. The number of alkyl halides is 3. The molecule has 0 saturated carbocycles. The molecule has 1 N–H and O–H groups in total. The first-order valence-corrected chi connectivity index (χ1v) is 10.7. The summed E-state index contributed by atoms with van der Waals surface area (Å²) >= 11 is 0. The van der Waals surface area contributed by atoms with Crippen LogP contribution in [0.15, 0.2) is 42.5 Å². The zero-order chi connectivity index (χ0) is 24.8. The number of nitrogens with one attached hydrogen (secondary N) is 1. The number of hydrogen-bond acceptors (Lipinski definition) is 4. The Morgan fingerprint density at radius 2 is 1.76 bits per heavy atom. The minimum atomic E-state index is -4.65. The second-order valence-electron chi connectivity index (χ2n) is 9.31. The number of fused-ring (bicyclic) bond motifs is 1. The number of rotatable bonds is 4. The van der Waals surface area contributed by atoms with Gasteiger partial charge >= 0.3 is 6.18 Å². The second kappa shape index (κ2) is 8.27. The SMILES string of the molecule is Cc1cc(C)n(Cc2cccc(NC(=O)c3cc4nc(C(C)(C)C)cc(C(F)(F)F)n4n3)c2)n1. The Balaban J connectivity index is 1.63. The van der Waals surface area contributed by atoms with E-state index in [2.05, 4.69) is 20.5 Å². The quantitative estimate of drug-likeness (QED) is 0.447. The highest BCUT2D eigenvalue weighted by molar-refractivity contribution is 6.03. The Hall–Kier alpha value is -3.69. The zero-order valence-electron chi connectivity index (χ0n) is 19.5. The Labute approximate surface area is 194 Å². The first-order chi connectivity index (χ1) is 15.8. The lowest BCUT2D eigenvalue weighted by atomic mass is 9.91. The van der Waals surface area contributed by atoms with Crippen LogP contribution in [0, 0.1) is 13.8 Å². The monoisotopic (exact) mass is 470 g/mol. The van der Waals surface area contributed by atoms with E-state index in [1.165, 1.54) is 6.07 Å². The van der Waals surface area contributed by atoms with Gasteiger partial charge in [-0.25, -0.2) is 9.50 Å². The van der Waals surface area contributed by atoms with E-state index in [9.17, 15) is 18.0 Å². The molecule has 34 heavy (non-hydrogen) atoms. The van der Waals surface area contributed by atoms with Gasteiger partial charge in [-0.2, -0.15) is 23.4 Å². The van der Waals surface area contributed by atoms with Gasteiger partial charge in [-0.15, -0.1) is 0 Å². The van der Waals surface area contributed by atoms with E-state index in [0.717, 1.165) is 23.0 Å². The number of benzene rings is 1. The minimum absolute atomic E-state index is 0.0387. The molecule has 4 aromatic rings. The van der Waals surface area contributed by atoms with Crippen LogP contribution in [-0.4, -0.2) is 30.3 Å². The largest absolute Gasteiger partial charge is 0.433 e.